The van der Waals surface area contributed by atoms with Crippen LogP contribution in [0.1, 0.15) is 24.2 Å². The van der Waals surface area contributed by atoms with Crippen molar-refractivity contribution in [1.82, 2.24) is 0 Å². The van der Waals surface area contributed by atoms with Crippen LogP contribution >= 0.6 is 34.8 Å². The maximum atomic E-state index is 12.2. The average molecular weight is 426 g/mol. The third-order valence-corrected chi connectivity index (χ3v) is 4.32. The molecule has 0 unspecified atom stereocenters. The molecule has 5 nitrogen and oxygen atoms in total. The van der Waals surface area contributed by atoms with E-state index >= 15 is 0 Å². The number of carbonyl (C=O) groups is 3. The minimum Gasteiger partial charge on any atom is -0.322 e. The molecular weight excluding hydrogens is 411 g/mol. The fourth-order valence-electron chi connectivity index (χ4n) is 2.10. The van der Waals surface area contributed by atoms with Crippen molar-refractivity contribution in [2.45, 2.75) is 13.8 Å². The summed E-state index contributed by atoms with van der Waals surface area (Å²) in [6.45, 7) is 2.95. The lowest BCUT2D eigenvalue weighted by Gasteiger charge is -2.09. The van der Waals surface area contributed by atoms with E-state index in [1.807, 2.05) is 0 Å². The number of rotatable bonds is 5. The molecule has 2 aromatic rings. The van der Waals surface area contributed by atoms with Gasteiger partial charge in [-0.3, -0.25) is 14.4 Å². The van der Waals surface area contributed by atoms with Crippen LogP contribution in [-0.4, -0.2) is 17.6 Å². The van der Waals surface area contributed by atoms with E-state index in [-0.39, 0.29) is 27.1 Å². The maximum Gasteiger partial charge on any atom is 0.251 e. The van der Waals surface area contributed by atoms with Crippen molar-refractivity contribution >= 4 is 63.8 Å². The van der Waals surface area contributed by atoms with Crippen molar-refractivity contribution in [3.05, 3.63) is 68.7 Å². The van der Waals surface area contributed by atoms with Gasteiger partial charge >= 0.3 is 0 Å². The Balaban J connectivity index is 2.06. The summed E-state index contributed by atoms with van der Waals surface area (Å²) in [7, 11) is 0. The van der Waals surface area contributed by atoms with Gasteiger partial charge in [-0.1, -0.05) is 34.8 Å². The van der Waals surface area contributed by atoms with Gasteiger partial charge in [-0.2, -0.15) is 0 Å². The first-order chi connectivity index (χ1) is 12.7. The molecule has 0 aromatic heterocycles. The first-order valence-electron chi connectivity index (χ1n) is 7.73. The molecule has 0 radical (unpaired) electrons. The summed E-state index contributed by atoms with van der Waals surface area (Å²) in [4.78, 5) is 35.6. The summed E-state index contributed by atoms with van der Waals surface area (Å²) >= 11 is 17.8. The van der Waals surface area contributed by atoms with Gasteiger partial charge in [-0.15, -0.1) is 0 Å². The van der Waals surface area contributed by atoms with Crippen molar-refractivity contribution in [2.75, 3.05) is 10.6 Å². The molecule has 2 amide bonds. The Bertz CT molecular complexity index is 915. The van der Waals surface area contributed by atoms with Gasteiger partial charge in [-0.05, 0) is 50.2 Å². The van der Waals surface area contributed by atoms with E-state index in [4.69, 9.17) is 34.8 Å². The fraction of sp³-hybridized carbons (Fsp3) is 0.105. The van der Waals surface area contributed by atoms with E-state index in [1.54, 1.807) is 24.3 Å². The van der Waals surface area contributed by atoms with Crippen LogP contribution in [0.25, 0.3) is 0 Å². The molecule has 2 aromatic carbocycles. The van der Waals surface area contributed by atoms with Crippen LogP contribution < -0.4 is 10.6 Å². The Morgan fingerprint density at radius 3 is 1.96 bits per heavy atom. The quantitative estimate of drug-likeness (QED) is 0.499. The van der Waals surface area contributed by atoms with Crippen LogP contribution in [0.4, 0.5) is 11.4 Å². The number of ketones is 1. The first kappa shape index (κ1) is 21.0. The number of carbonyl (C=O) groups excluding carboxylic acids is 3. The van der Waals surface area contributed by atoms with Gasteiger partial charge in [0.15, 0.2) is 5.78 Å². The topological polar surface area (TPSA) is 75.3 Å². The number of Topliss-reactive ketones (excluding diaryl/α,β-unsaturated/α-hetero) is 1. The molecule has 0 aliphatic carbocycles. The Hall–Kier alpha value is -2.34. The molecule has 0 heterocycles. The van der Waals surface area contributed by atoms with Gasteiger partial charge in [0, 0.05) is 27.9 Å². The second-order valence-corrected chi connectivity index (χ2v) is 6.90. The predicted molar refractivity (Wildman–Crippen MR) is 109 cm³/mol. The van der Waals surface area contributed by atoms with Gasteiger partial charge in [0.05, 0.1) is 15.7 Å². The second-order valence-electron chi connectivity index (χ2n) is 5.65. The third-order valence-electron chi connectivity index (χ3n) is 3.51. The Morgan fingerprint density at radius 2 is 1.44 bits per heavy atom. The van der Waals surface area contributed by atoms with Crippen molar-refractivity contribution in [2.24, 2.45) is 0 Å². The number of amides is 2. The van der Waals surface area contributed by atoms with Crippen LogP contribution in [0.15, 0.2) is 48.0 Å². The molecule has 27 heavy (non-hydrogen) atoms. The summed E-state index contributed by atoms with van der Waals surface area (Å²) < 4.78 is 0. The summed E-state index contributed by atoms with van der Waals surface area (Å²) in [6, 6.07) is 9.31. The molecule has 0 aliphatic rings. The Kier molecular flexibility index (Phi) is 7.02. The minimum atomic E-state index is -0.569. The van der Waals surface area contributed by atoms with E-state index < -0.39 is 11.8 Å². The predicted octanol–water partition coefficient (Wildman–Crippen LogP) is 5.37. The van der Waals surface area contributed by atoms with Gasteiger partial charge in [0.1, 0.15) is 0 Å². The van der Waals surface area contributed by atoms with Crippen molar-refractivity contribution in [3.63, 3.8) is 0 Å². The highest BCUT2D eigenvalue weighted by molar-refractivity contribution is 6.42. The van der Waals surface area contributed by atoms with Crippen molar-refractivity contribution < 1.29 is 14.4 Å². The minimum absolute atomic E-state index is 0.0693. The third kappa shape index (κ3) is 5.82. The normalized spacial score (nSPS) is 11.1. The molecule has 2 N–H and O–H groups in total. The van der Waals surface area contributed by atoms with Crippen LogP contribution in [0.5, 0.6) is 0 Å². The summed E-state index contributed by atoms with van der Waals surface area (Å²) in [6.07, 6.45) is 1.13. The molecule has 0 saturated heterocycles. The molecule has 0 fully saturated rings. The van der Waals surface area contributed by atoms with Gasteiger partial charge in [0.25, 0.3) is 5.91 Å². The molecular formula is C19H15Cl3N2O3. The lowest BCUT2D eigenvalue weighted by molar-refractivity contribution is -0.114. The molecule has 0 spiro atoms. The molecule has 0 saturated carbocycles. The van der Waals surface area contributed by atoms with E-state index in [0.717, 1.165) is 6.08 Å². The molecule has 2 rings (SSSR count). The van der Waals surface area contributed by atoms with Crippen molar-refractivity contribution in [3.8, 4) is 0 Å². The number of anilines is 2. The highest BCUT2D eigenvalue weighted by atomic mass is 35.5. The molecule has 0 aliphatic heterocycles. The number of halogens is 3. The Labute approximate surface area is 171 Å². The lowest BCUT2D eigenvalue weighted by atomic mass is 10.1. The summed E-state index contributed by atoms with van der Waals surface area (Å²) in [5.74, 6) is -1.10. The second kappa shape index (κ2) is 9.04. The van der Waals surface area contributed by atoms with Gasteiger partial charge in [0.2, 0.25) is 5.91 Å². The monoisotopic (exact) mass is 424 g/mol. The SMILES string of the molecule is CC(=O)c1ccc(NC(=O)/C(C)=C\C(=O)Nc2c(Cl)cc(Cl)cc2Cl)cc1. The number of hydrogen-bond acceptors (Lipinski definition) is 3. The highest BCUT2D eigenvalue weighted by Gasteiger charge is 2.12. The molecule has 0 atom stereocenters. The zero-order chi connectivity index (χ0) is 20.1. The van der Waals surface area contributed by atoms with Gasteiger partial charge in [-0.25, -0.2) is 0 Å². The number of hydrogen-bond donors (Lipinski definition) is 2. The summed E-state index contributed by atoms with van der Waals surface area (Å²) in [5, 5.41) is 5.86. The standard InChI is InChI=1S/C19H15Cl3N2O3/c1-10(19(27)23-14-5-3-12(4-6-14)11(2)25)7-17(26)24-18-15(21)8-13(20)9-16(18)22/h3-9H,1-2H3,(H,23,27)(H,24,26)/b10-7-. The Morgan fingerprint density at radius 1 is 0.889 bits per heavy atom. The van der Waals surface area contributed by atoms with E-state index in [9.17, 15) is 14.4 Å². The summed E-state index contributed by atoms with van der Waals surface area (Å²) in [5.41, 5.74) is 1.42. The molecule has 0 bridgehead atoms. The largest absolute Gasteiger partial charge is 0.322 e. The van der Waals surface area contributed by atoms with E-state index in [0.29, 0.717) is 16.3 Å². The van der Waals surface area contributed by atoms with Crippen LogP contribution in [0.2, 0.25) is 15.1 Å². The number of benzene rings is 2. The van der Waals surface area contributed by atoms with E-state index in [2.05, 4.69) is 10.6 Å². The zero-order valence-corrected chi connectivity index (χ0v) is 16.7. The van der Waals surface area contributed by atoms with Gasteiger partial charge < -0.3 is 10.6 Å². The van der Waals surface area contributed by atoms with Crippen LogP contribution in [0, 0.1) is 0 Å². The van der Waals surface area contributed by atoms with E-state index in [1.165, 1.54) is 26.0 Å². The fourth-order valence-corrected chi connectivity index (χ4v) is 3.01. The zero-order valence-electron chi connectivity index (χ0n) is 14.4. The molecule has 140 valence electrons. The first-order valence-corrected chi connectivity index (χ1v) is 8.87. The maximum absolute atomic E-state index is 12.2. The lowest BCUT2D eigenvalue weighted by Crippen LogP contribution is -2.16. The highest BCUT2D eigenvalue weighted by Crippen LogP contribution is 2.33. The smallest absolute Gasteiger partial charge is 0.251 e. The molecule has 8 heteroatoms. The van der Waals surface area contributed by atoms with Crippen LogP contribution in [-0.2, 0) is 9.59 Å². The van der Waals surface area contributed by atoms with Crippen molar-refractivity contribution in [1.29, 1.82) is 0 Å². The number of nitrogens with one attached hydrogen (secondary N) is 2. The van der Waals surface area contributed by atoms with Crippen LogP contribution in [0.3, 0.4) is 0 Å². The average Bonchev–Trinajstić information content (AvgIpc) is 2.58.